The largest absolute Gasteiger partial charge is 0.321 e. The number of nitrogens with one attached hydrogen (secondary N) is 1. The topological polar surface area (TPSA) is 59.8 Å². The molecular formula is C16H13FN4O. The van der Waals surface area contributed by atoms with Crippen LogP contribution in [-0.2, 0) is 0 Å². The number of aryl methyl sites for hydroxylation is 1. The zero-order valence-corrected chi connectivity index (χ0v) is 11.8. The number of anilines is 1. The van der Waals surface area contributed by atoms with Crippen LogP contribution in [0.2, 0.25) is 0 Å². The zero-order chi connectivity index (χ0) is 15.5. The molecule has 0 spiro atoms. The third-order valence-corrected chi connectivity index (χ3v) is 3.13. The van der Waals surface area contributed by atoms with Crippen molar-refractivity contribution in [2.75, 3.05) is 5.32 Å². The molecule has 1 amide bonds. The van der Waals surface area contributed by atoms with E-state index in [1.54, 1.807) is 13.0 Å². The molecule has 110 valence electrons. The van der Waals surface area contributed by atoms with E-state index in [1.165, 1.54) is 23.1 Å². The van der Waals surface area contributed by atoms with Crippen LogP contribution >= 0.6 is 0 Å². The lowest BCUT2D eigenvalue weighted by molar-refractivity contribution is 0.102. The predicted molar refractivity (Wildman–Crippen MR) is 80.4 cm³/mol. The van der Waals surface area contributed by atoms with Gasteiger partial charge in [0.25, 0.3) is 5.91 Å². The Morgan fingerprint density at radius 2 is 1.95 bits per heavy atom. The van der Waals surface area contributed by atoms with E-state index in [1.807, 2.05) is 30.3 Å². The van der Waals surface area contributed by atoms with Gasteiger partial charge in [-0.3, -0.25) is 4.79 Å². The maximum Gasteiger partial charge on any atom is 0.277 e. The van der Waals surface area contributed by atoms with Crippen molar-refractivity contribution in [1.29, 1.82) is 0 Å². The van der Waals surface area contributed by atoms with Gasteiger partial charge in [-0.15, -0.1) is 5.10 Å². The third kappa shape index (κ3) is 2.85. The second kappa shape index (κ2) is 5.77. The van der Waals surface area contributed by atoms with Gasteiger partial charge in [-0.05, 0) is 42.8 Å². The van der Waals surface area contributed by atoms with Crippen LogP contribution in [0.15, 0.2) is 54.7 Å². The van der Waals surface area contributed by atoms with Gasteiger partial charge in [0.15, 0.2) is 5.69 Å². The summed E-state index contributed by atoms with van der Waals surface area (Å²) >= 11 is 0. The molecule has 5 nitrogen and oxygen atoms in total. The van der Waals surface area contributed by atoms with Crippen LogP contribution in [0, 0.1) is 12.7 Å². The molecule has 0 radical (unpaired) electrons. The molecule has 0 aliphatic rings. The molecule has 3 rings (SSSR count). The maximum absolute atomic E-state index is 13.2. The Labute approximate surface area is 126 Å². The summed E-state index contributed by atoms with van der Waals surface area (Å²) in [5.74, 6) is -0.707. The summed E-state index contributed by atoms with van der Waals surface area (Å²) in [4.78, 5) is 13.5. The van der Waals surface area contributed by atoms with E-state index in [-0.39, 0.29) is 11.5 Å². The molecule has 1 aromatic heterocycles. The Balaban J connectivity index is 1.78. The lowest BCUT2D eigenvalue weighted by Crippen LogP contribution is -2.13. The van der Waals surface area contributed by atoms with Gasteiger partial charge in [-0.1, -0.05) is 18.2 Å². The molecule has 0 fully saturated rings. The van der Waals surface area contributed by atoms with Crippen molar-refractivity contribution in [3.8, 4) is 5.69 Å². The number of carbonyl (C=O) groups is 1. The molecule has 0 unspecified atom stereocenters. The number of halogens is 1. The molecule has 1 N–H and O–H groups in total. The number of amides is 1. The van der Waals surface area contributed by atoms with Crippen molar-refractivity contribution in [1.82, 2.24) is 15.0 Å². The zero-order valence-electron chi connectivity index (χ0n) is 11.8. The van der Waals surface area contributed by atoms with Crippen LogP contribution in [0.5, 0.6) is 0 Å². The van der Waals surface area contributed by atoms with E-state index < -0.39 is 5.91 Å². The monoisotopic (exact) mass is 296 g/mol. The van der Waals surface area contributed by atoms with Crippen molar-refractivity contribution < 1.29 is 9.18 Å². The van der Waals surface area contributed by atoms with Crippen LogP contribution in [0.3, 0.4) is 0 Å². The summed E-state index contributed by atoms with van der Waals surface area (Å²) in [5.41, 5.74) is 1.92. The highest BCUT2D eigenvalue weighted by atomic mass is 19.1. The Morgan fingerprint density at radius 1 is 1.18 bits per heavy atom. The van der Waals surface area contributed by atoms with Crippen LogP contribution in [-0.4, -0.2) is 20.9 Å². The second-order valence-electron chi connectivity index (χ2n) is 4.77. The van der Waals surface area contributed by atoms with Gasteiger partial charge < -0.3 is 5.32 Å². The quantitative estimate of drug-likeness (QED) is 0.808. The van der Waals surface area contributed by atoms with Gasteiger partial charge in [-0.2, -0.15) is 9.90 Å². The van der Waals surface area contributed by atoms with E-state index in [0.29, 0.717) is 11.3 Å². The lowest BCUT2D eigenvalue weighted by Gasteiger charge is -2.04. The molecule has 2 aromatic carbocycles. The van der Waals surface area contributed by atoms with E-state index >= 15 is 0 Å². The first-order valence-corrected chi connectivity index (χ1v) is 6.69. The summed E-state index contributed by atoms with van der Waals surface area (Å²) in [6.07, 6.45) is 1.39. The van der Waals surface area contributed by atoms with Crippen LogP contribution in [0.4, 0.5) is 10.1 Å². The molecule has 0 aliphatic carbocycles. The van der Waals surface area contributed by atoms with Gasteiger partial charge in [0.1, 0.15) is 5.82 Å². The molecule has 0 aliphatic heterocycles. The average molecular weight is 296 g/mol. The molecule has 1 heterocycles. The molecule has 0 saturated carbocycles. The predicted octanol–water partition coefficient (Wildman–Crippen LogP) is 2.97. The van der Waals surface area contributed by atoms with Gasteiger partial charge in [0.2, 0.25) is 0 Å². The van der Waals surface area contributed by atoms with E-state index in [2.05, 4.69) is 15.5 Å². The highest BCUT2D eigenvalue weighted by Gasteiger charge is 2.12. The van der Waals surface area contributed by atoms with E-state index in [0.717, 1.165) is 5.69 Å². The maximum atomic E-state index is 13.2. The van der Waals surface area contributed by atoms with Crippen molar-refractivity contribution >= 4 is 11.6 Å². The molecule has 22 heavy (non-hydrogen) atoms. The van der Waals surface area contributed by atoms with Crippen LogP contribution in [0.1, 0.15) is 16.1 Å². The molecular weight excluding hydrogens is 283 g/mol. The number of para-hydroxylation sites is 1. The number of hydrogen-bond acceptors (Lipinski definition) is 3. The smallest absolute Gasteiger partial charge is 0.277 e. The Kier molecular flexibility index (Phi) is 3.65. The molecule has 0 bridgehead atoms. The Bertz CT molecular complexity index is 814. The minimum atomic E-state index is -0.395. The van der Waals surface area contributed by atoms with Crippen molar-refractivity contribution in [3.63, 3.8) is 0 Å². The molecule has 0 saturated heterocycles. The average Bonchev–Trinajstić information content (AvgIpc) is 3.02. The highest BCUT2D eigenvalue weighted by Crippen LogP contribution is 2.14. The molecule has 3 aromatic rings. The van der Waals surface area contributed by atoms with Crippen LogP contribution in [0.25, 0.3) is 5.69 Å². The fourth-order valence-corrected chi connectivity index (χ4v) is 1.97. The summed E-state index contributed by atoms with van der Waals surface area (Å²) in [6.45, 7) is 1.64. The number of carbonyl (C=O) groups excluding carboxylic acids is 1. The van der Waals surface area contributed by atoms with E-state index in [9.17, 15) is 9.18 Å². The second-order valence-corrected chi connectivity index (χ2v) is 4.77. The van der Waals surface area contributed by atoms with Crippen molar-refractivity contribution in [2.45, 2.75) is 6.92 Å². The first-order chi connectivity index (χ1) is 10.6. The first-order valence-electron chi connectivity index (χ1n) is 6.69. The van der Waals surface area contributed by atoms with Gasteiger partial charge in [0.05, 0.1) is 11.9 Å². The summed E-state index contributed by atoms with van der Waals surface area (Å²) in [5, 5.41) is 10.9. The minimum absolute atomic E-state index is 0.186. The number of aromatic nitrogens is 3. The number of hydrogen-bond donors (Lipinski definition) is 1. The Morgan fingerprint density at radius 3 is 2.68 bits per heavy atom. The summed E-state index contributed by atoms with van der Waals surface area (Å²) in [7, 11) is 0. The number of rotatable bonds is 3. The lowest BCUT2D eigenvalue weighted by atomic mass is 10.2. The summed E-state index contributed by atoms with van der Waals surface area (Å²) in [6, 6.07) is 13.7. The first kappa shape index (κ1) is 13.9. The fraction of sp³-hybridized carbons (Fsp3) is 0.0625. The van der Waals surface area contributed by atoms with Crippen molar-refractivity contribution in [2.24, 2.45) is 0 Å². The third-order valence-electron chi connectivity index (χ3n) is 3.13. The SMILES string of the molecule is Cc1cc(NC(=O)c2cnn(-c3ccccc3)n2)ccc1F. The fourth-order valence-electron chi connectivity index (χ4n) is 1.97. The van der Waals surface area contributed by atoms with Crippen LogP contribution < -0.4 is 5.32 Å². The standard InChI is InChI=1S/C16H13FN4O/c1-11-9-12(7-8-14(11)17)19-16(22)15-10-18-21(20-15)13-5-3-2-4-6-13/h2-10H,1H3,(H,19,22). The highest BCUT2D eigenvalue weighted by molar-refractivity contribution is 6.02. The normalized spacial score (nSPS) is 10.5. The van der Waals surface area contributed by atoms with Gasteiger partial charge >= 0.3 is 0 Å². The minimum Gasteiger partial charge on any atom is -0.321 e. The van der Waals surface area contributed by atoms with Gasteiger partial charge in [0, 0.05) is 5.69 Å². The van der Waals surface area contributed by atoms with Crippen molar-refractivity contribution in [3.05, 3.63) is 71.8 Å². The molecule has 0 atom stereocenters. The molecule has 6 heteroatoms. The van der Waals surface area contributed by atoms with Gasteiger partial charge in [-0.25, -0.2) is 4.39 Å². The number of nitrogens with zero attached hydrogens (tertiary/aromatic N) is 3. The number of benzene rings is 2. The van der Waals surface area contributed by atoms with E-state index in [4.69, 9.17) is 0 Å². The Hall–Kier alpha value is -3.02. The summed E-state index contributed by atoms with van der Waals surface area (Å²) < 4.78 is 13.2.